The van der Waals surface area contributed by atoms with Crippen LogP contribution in [-0.4, -0.2) is 31.2 Å². The number of hydrogen-bond acceptors (Lipinski definition) is 4. The van der Waals surface area contributed by atoms with Gasteiger partial charge in [0.25, 0.3) is 0 Å². The van der Waals surface area contributed by atoms with E-state index >= 15 is 0 Å². The molecule has 2 aromatic heterocycles. The number of aromatic nitrogens is 4. The van der Waals surface area contributed by atoms with E-state index in [2.05, 4.69) is 20.2 Å². The number of aromatic amines is 1. The maximum absolute atomic E-state index is 11.1. The SMILES string of the molecule is O=C(O)c1cccc2c(-c3cncnc3)n[nH]c12. The molecule has 18 heavy (non-hydrogen) atoms. The molecule has 0 spiro atoms. The van der Waals surface area contributed by atoms with Crippen molar-refractivity contribution in [2.75, 3.05) is 0 Å². The number of hydrogen-bond donors (Lipinski definition) is 2. The largest absolute Gasteiger partial charge is 0.478 e. The molecule has 3 rings (SSSR count). The van der Waals surface area contributed by atoms with Crippen LogP contribution >= 0.6 is 0 Å². The van der Waals surface area contributed by atoms with Gasteiger partial charge >= 0.3 is 5.97 Å². The Morgan fingerprint density at radius 1 is 1.22 bits per heavy atom. The van der Waals surface area contributed by atoms with E-state index in [1.807, 2.05) is 6.07 Å². The summed E-state index contributed by atoms with van der Waals surface area (Å²) in [5.41, 5.74) is 2.09. The van der Waals surface area contributed by atoms with Gasteiger partial charge in [-0.15, -0.1) is 0 Å². The first-order valence-corrected chi connectivity index (χ1v) is 5.23. The van der Waals surface area contributed by atoms with Crippen LogP contribution in [0, 0.1) is 0 Å². The molecule has 2 heterocycles. The third-order valence-electron chi connectivity index (χ3n) is 2.66. The van der Waals surface area contributed by atoms with Crippen molar-refractivity contribution in [2.45, 2.75) is 0 Å². The number of aromatic carboxylic acids is 1. The molecular weight excluding hydrogens is 232 g/mol. The van der Waals surface area contributed by atoms with Crippen molar-refractivity contribution in [1.29, 1.82) is 0 Å². The Balaban J connectivity index is 2.28. The molecule has 0 bridgehead atoms. The van der Waals surface area contributed by atoms with Crippen molar-refractivity contribution in [3.05, 3.63) is 42.5 Å². The highest BCUT2D eigenvalue weighted by atomic mass is 16.4. The summed E-state index contributed by atoms with van der Waals surface area (Å²) in [5, 5.41) is 16.7. The van der Waals surface area contributed by atoms with Crippen LogP contribution < -0.4 is 0 Å². The molecule has 88 valence electrons. The fourth-order valence-electron chi connectivity index (χ4n) is 1.86. The number of carboxylic acids is 1. The lowest BCUT2D eigenvalue weighted by molar-refractivity contribution is 0.0699. The summed E-state index contributed by atoms with van der Waals surface area (Å²) in [5.74, 6) is -0.986. The van der Waals surface area contributed by atoms with Crippen molar-refractivity contribution in [1.82, 2.24) is 20.2 Å². The van der Waals surface area contributed by atoms with Crippen molar-refractivity contribution in [3.63, 3.8) is 0 Å². The second-order valence-electron chi connectivity index (χ2n) is 3.73. The van der Waals surface area contributed by atoms with Gasteiger partial charge < -0.3 is 5.11 Å². The van der Waals surface area contributed by atoms with E-state index in [0.29, 0.717) is 11.2 Å². The number of nitrogens with one attached hydrogen (secondary N) is 1. The topological polar surface area (TPSA) is 91.8 Å². The molecule has 0 amide bonds. The number of para-hydroxylation sites is 1. The Morgan fingerprint density at radius 2 is 2.00 bits per heavy atom. The predicted octanol–water partition coefficient (Wildman–Crippen LogP) is 1.72. The van der Waals surface area contributed by atoms with E-state index in [-0.39, 0.29) is 5.56 Å². The van der Waals surface area contributed by atoms with E-state index in [1.165, 1.54) is 12.4 Å². The zero-order valence-corrected chi connectivity index (χ0v) is 9.16. The summed E-state index contributed by atoms with van der Waals surface area (Å²) in [7, 11) is 0. The fraction of sp³-hybridized carbons (Fsp3) is 0. The molecule has 6 heteroatoms. The van der Waals surface area contributed by atoms with Gasteiger partial charge in [-0.3, -0.25) is 5.10 Å². The minimum Gasteiger partial charge on any atom is -0.478 e. The van der Waals surface area contributed by atoms with E-state index in [0.717, 1.165) is 10.9 Å². The Labute approximate surface area is 101 Å². The number of carboxylic acid groups (broad SMARTS) is 1. The zero-order chi connectivity index (χ0) is 12.5. The summed E-state index contributed by atoms with van der Waals surface area (Å²) in [4.78, 5) is 18.9. The predicted molar refractivity (Wildman–Crippen MR) is 64.1 cm³/mol. The fourth-order valence-corrected chi connectivity index (χ4v) is 1.86. The Morgan fingerprint density at radius 3 is 2.72 bits per heavy atom. The molecule has 6 nitrogen and oxygen atoms in total. The van der Waals surface area contributed by atoms with Crippen LogP contribution in [0.25, 0.3) is 22.2 Å². The summed E-state index contributed by atoms with van der Waals surface area (Å²) in [6.07, 6.45) is 4.70. The molecule has 0 unspecified atom stereocenters. The Kier molecular flexibility index (Phi) is 2.26. The lowest BCUT2D eigenvalue weighted by Gasteiger charge is -1.97. The smallest absolute Gasteiger partial charge is 0.337 e. The summed E-state index contributed by atoms with van der Waals surface area (Å²) in [6.45, 7) is 0. The van der Waals surface area contributed by atoms with E-state index in [4.69, 9.17) is 5.11 Å². The van der Waals surface area contributed by atoms with Gasteiger partial charge in [-0.05, 0) is 6.07 Å². The van der Waals surface area contributed by atoms with Gasteiger partial charge in [-0.25, -0.2) is 14.8 Å². The second-order valence-corrected chi connectivity index (χ2v) is 3.73. The molecule has 0 saturated heterocycles. The molecule has 0 fully saturated rings. The Bertz CT molecular complexity index is 721. The highest BCUT2D eigenvalue weighted by molar-refractivity contribution is 6.05. The molecule has 3 aromatic rings. The van der Waals surface area contributed by atoms with Crippen molar-refractivity contribution in [2.24, 2.45) is 0 Å². The Hall–Kier alpha value is -2.76. The van der Waals surface area contributed by atoms with Gasteiger partial charge in [-0.1, -0.05) is 12.1 Å². The van der Waals surface area contributed by atoms with Gasteiger partial charge in [0.05, 0.1) is 11.1 Å². The molecule has 2 N–H and O–H groups in total. The average molecular weight is 240 g/mol. The highest BCUT2D eigenvalue weighted by Gasteiger charge is 2.14. The van der Waals surface area contributed by atoms with Crippen LogP contribution in [0.5, 0.6) is 0 Å². The summed E-state index contributed by atoms with van der Waals surface area (Å²) >= 11 is 0. The van der Waals surface area contributed by atoms with Gasteiger partial charge in [0.2, 0.25) is 0 Å². The third-order valence-corrected chi connectivity index (χ3v) is 2.66. The minimum absolute atomic E-state index is 0.197. The zero-order valence-electron chi connectivity index (χ0n) is 9.16. The maximum Gasteiger partial charge on any atom is 0.337 e. The molecular formula is C12H8N4O2. The van der Waals surface area contributed by atoms with E-state index in [9.17, 15) is 4.79 Å². The molecule has 0 atom stereocenters. The lowest BCUT2D eigenvalue weighted by Crippen LogP contribution is -1.96. The van der Waals surface area contributed by atoms with Crippen LogP contribution in [0.1, 0.15) is 10.4 Å². The average Bonchev–Trinajstić information content (AvgIpc) is 2.83. The quantitative estimate of drug-likeness (QED) is 0.711. The van der Waals surface area contributed by atoms with Gasteiger partial charge in [0.15, 0.2) is 0 Å². The van der Waals surface area contributed by atoms with Gasteiger partial charge in [-0.2, -0.15) is 5.10 Å². The lowest BCUT2D eigenvalue weighted by atomic mass is 10.1. The normalized spacial score (nSPS) is 10.7. The monoisotopic (exact) mass is 240 g/mol. The van der Waals surface area contributed by atoms with Crippen LogP contribution in [0.4, 0.5) is 0 Å². The number of benzene rings is 1. The minimum atomic E-state index is -0.986. The van der Waals surface area contributed by atoms with E-state index < -0.39 is 5.97 Å². The van der Waals surface area contributed by atoms with Crippen LogP contribution in [0.3, 0.4) is 0 Å². The standard InChI is InChI=1S/C12H8N4O2/c17-12(18)9-3-1-2-8-10(15-16-11(8)9)7-4-13-6-14-5-7/h1-6H,(H,15,16)(H,17,18). The molecule has 0 aliphatic rings. The second kappa shape index (κ2) is 3.92. The van der Waals surface area contributed by atoms with Gasteiger partial charge in [0, 0.05) is 23.3 Å². The van der Waals surface area contributed by atoms with Crippen molar-refractivity contribution >= 4 is 16.9 Å². The third kappa shape index (κ3) is 1.51. The van der Waals surface area contributed by atoms with Crippen molar-refractivity contribution in [3.8, 4) is 11.3 Å². The first-order valence-electron chi connectivity index (χ1n) is 5.23. The van der Waals surface area contributed by atoms with E-state index in [1.54, 1.807) is 18.5 Å². The first-order chi connectivity index (χ1) is 8.77. The van der Waals surface area contributed by atoms with Crippen LogP contribution in [0.2, 0.25) is 0 Å². The molecule has 0 aliphatic carbocycles. The summed E-state index contributed by atoms with van der Waals surface area (Å²) in [6, 6.07) is 5.04. The van der Waals surface area contributed by atoms with Crippen molar-refractivity contribution < 1.29 is 9.90 Å². The van der Waals surface area contributed by atoms with Crippen LogP contribution in [-0.2, 0) is 0 Å². The number of H-pyrrole nitrogens is 1. The van der Waals surface area contributed by atoms with Crippen LogP contribution in [0.15, 0.2) is 36.9 Å². The molecule has 0 aliphatic heterocycles. The number of carbonyl (C=O) groups is 1. The number of nitrogens with zero attached hydrogens (tertiary/aromatic N) is 3. The van der Waals surface area contributed by atoms with Gasteiger partial charge in [0.1, 0.15) is 12.0 Å². The maximum atomic E-state index is 11.1. The first kappa shape index (κ1) is 10.4. The molecule has 0 radical (unpaired) electrons. The highest BCUT2D eigenvalue weighted by Crippen LogP contribution is 2.26. The number of fused-ring (bicyclic) bond motifs is 1. The molecule has 0 saturated carbocycles. The molecule has 1 aromatic carbocycles. The summed E-state index contributed by atoms with van der Waals surface area (Å²) < 4.78 is 0. The number of rotatable bonds is 2.